The van der Waals surface area contributed by atoms with E-state index < -0.39 is 0 Å². The summed E-state index contributed by atoms with van der Waals surface area (Å²) < 4.78 is 2.73. The van der Waals surface area contributed by atoms with E-state index in [0.717, 1.165) is 31.5 Å². The van der Waals surface area contributed by atoms with Gasteiger partial charge in [-0.3, -0.25) is 4.79 Å². The summed E-state index contributed by atoms with van der Waals surface area (Å²) in [6.45, 7) is 4.12. The molecular formula is C15H16BrN5OS. The van der Waals surface area contributed by atoms with Crippen molar-refractivity contribution in [3.05, 3.63) is 40.1 Å². The highest BCUT2D eigenvalue weighted by Gasteiger charge is 2.14. The Morgan fingerprint density at radius 3 is 2.91 bits per heavy atom. The monoisotopic (exact) mass is 393 g/mol. The lowest BCUT2D eigenvalue weighted by atomic mass is 10.2. The van der Waals surface area contributed by atoms with E-state index in [1.54, 1.807) is 4.52 Å². The van der Waals surface area contributed by atoms with Crippen molar-refractivity contribution in [2.45, 2.75) is 13.8 Å². The molecule has 0 radical (unpaired) electrons. The van der Waals surface area contributed by atoms with Gasteiger partial charge < -0.3 is 10.2 Å². The topological polar surface area (TPSA) is 62.5 Å². The second-order valence-corrected chi connectivity index (χ2v) is 7.21. The number of aryl methyl sites for hydroxylation is 2. The molecule has 0 aliphatic heterocycles. The first-order valence-electron chi connectivity index (χ1n) is 7.02. The number of nitrogens with one attached hydrogen (secondary N) is 1. The van der Waals surface area contributed by atoms with Gasteiger partial charge in [-0.25, -0.2) is 9.50 Å². The van der Waals surface area contributed by atoms with Crippen LogP contribution in [0.15, 0.2) is 28.9 Å². The number of nitrogens with zero attached hydrogens (tertiary/aromatic N) is 4. The Kier molecular flexibility index (Phi) is 4.36. The minimum absolute atomic E-state index is 0.0815. The number of imidazole rings is 1. The van der Waals surface area contributed by atoms with Crippen molar-refractivity contribution in [2.24, 2.45) is 0 Å². The molecule has 2 heterocycles. The van der Waals surface area contributed by atoms with E-state index in [1.165, 1.54) is 11.3 Å². The summed E-state index contributed by atoms with van der Waals surface area (Å²) in [4.78, 5) is 19.2. The van der Waals surface area contributed by atoms with Crippen molar-refractivity contribution in [1.29, 1.82) is 0 Å². The number of aromatic nitrogens is 3. The first-order chi connectivity index (χ1) is 10.9. The third-order valence-corrected chi connectivity index (χ3v) is 4.85. The zero-order valence-electron chi connectivity index (χ0n) is 13.0. The van der Waals surface area contributed by atoms with E-state index >= 15 is 0 Å². The van der Waals surface area contributed by atoms with Gasteiger partial charge in [0.15, 0.2) is 0 Å². The zero-order valence-corrected chi connectivity index (χ0v) is 15.4. The number of likely N-dealkylation sites (N-methyl/N-ethyl adjacent to an activating group) is 1. The van der Waals surface area contributed by atoms with Crippen LogP contribution in [0.25, 0.3) is 4.96 Å². The van der Waals surface area contributed by atoms with Crippen LogP contribution in [-0.2, 0) is 4.79 Å². The number of hydrogen-bond acceptors (Lipinski definition) is 5. The lowest BCUT2D eigenvalue weighted by Gasteiger charge is -2.15. The van der Waals surface area contributed by atoms with Crippen molar-refractivity contribution < 1.29 is 4.79 Å². The van der Waals surface area contributed by atoms with Crippen molar-refractivity contribution in [2.75, 3.05) is 23.8 Å². The second-order valence-electron chi connectivity index (χ2n) is 5.36. The number of benzene rings is 1. The number of carbonyl (C=O) groups is 1. The van der Waals surface area contributed by atoms with Crippen LogP contribution in [0.5, 0.6) is 0 Å². The normalized spacial score (nSPS) is 11.0. The van der Waals surface area contributed by atoms with Gasteiger partial charge in [-0.05, 0) is 37.6 Å². The second kappa shape index (κ2) is 6.29. The molecule has 6 nitrogen and oxygen atoms in total. The molecule has 0 spiro atoms. The molecule has 3 rings (SSSR count). The average molecular weight is 394 g/mol. The van der Waals surface area contributed by atoms with E-state index in [2.05, 4.69) is 31.3 Å². The SMILES string of the molecule is Cc1cn2nc(N(C)CC(=O)Nc3ccc(Br)cc3C)sc2n1. The number of anilines is 2. The van der Waals surface area contributed by atoms with Crippen LogP contribution in [0.2, 0.25) is 0 Å². The Morgan fingerprint density at radius 1 is 1.43 bits per heavy atom. The Morgan fingerprint density at radius 2 is 2.22 bits per heavy atom. The molecule has 8 heteroatoms. The molecule has 1 aromatic carbocycles. The molecule has 0 atom stereocenters. The van der Waals surface area contributed by atoms with Crippen LogP contribution in [0.4, 0.5) is 10.8 Å². The number of amides is 1. The summed E-state index contributed by atoms with van der Waals surface area (Å²) in [5.41, 5.74) is 2.76. The van der Waals surface area contributed by atoms with E-state index in [-0.39, 0.29) is 12.5 Å². The van der Waals surface area contributed by atoms with Gasteiger partial charge in [0.1, 0.15) is 0 Å². The van der Waals surface area contributed by atoms with Gasteiger partial charge in [0.2, 0.25) is 16.0 Å². The molecule has 3 aromatic rings. The van der Waals surface area contributed by atoms with Gasteiger partial charge in [-0.2, -0.15) is 0 Å². The maximum Gasteiger partial charge on any atom is 0.243 e. The third kappa shape index (κ3) is 3.53. The number of carbonyl (C=O) groups excluding carboxylic acids is 1. The summed E-state index contributed by atoms with van der Waals surface area (Å²) in [6.07, 6.45) is 1.87. The molecule has 120 valence electrons. The van der Waals surface area contributed by atoms with Crippen LogP contribution in [-0.4, -0.2) is 34.1 Å². The summed E-state index contributed by atoms with van der Waals surface area (Å²) >= 11 is 4.88. The summed E-state index contributed by atoms with van der Waals surface area (Å²) in [7, 11) is 1.85. The molecule has 0 fully saturated rings. The number of rotatable bonds is 4. The van der Waals surface area contributed by atoms with Gasteiger partial charge >= 0.3 is 0 Å². The summed E-state index contributed by atoms with van der Waals surface area (Å²) in [5.74, 6) is -0.0815. The standard InChI is InChI=1S/C15H16BrN5OS/c1-9-6-11(16)4-5-12(9)18-13(22)8-20(3)15-19-21-7-10(2)17-14(21)23-15/h4-7H,8H2,1-3H3,(H,18,22). The molecule has 0 unspecified atom stereocenters. The van der Waals surface area contributed by atoms with Gasteiger partial charge in [0.05, 0.1) is 18.4 Å². The van der Waals surface area contributed by atoms with E-state index in [9.17, 15) is 4.79 Å². The smallest absolute Gasteiger partial charge is 0.243 e. The Bertz CT molecular complexity index is 841. The first-order valence-corrected chi connectivity index (χ1v) is 8.63. The van der Waals surface area contributed by atoms with E-state index in [1.807, 2.05) is 50.2 Å². The average Bonchev–Trinajstić information content (AvgIpc) is 2.99. The van der Waals surface area contributed by atoms with Crippen molar-refractivity contribution >= 4 is 49.0 Å². The zero-order chi connectivity index (χ0) is 16.6. The van der Waals surface area contributed by atoms with Crippen LogP contribution >= 0.6 is 27.3 Å². The fraction of sp³-hybridized carbons (Fsp3) is 0.267. The molecule has 0 saturated heterocycles. The fourth-order valence-electron chi connectivity index (χ4n) is 2.19. The lowest BCUT2D eigenvalue weighted by Crippen LogP contribution is -2.30. The molecule has 0 aliphatic carbocycles. The molecule has 0 bridgehead atoms. The van der Waals surface area contributed by atoms with Gasteiger partial charge in [-0.1, -0.05) is 27.3 Å². The van der Waals surface area contributed by atoms with Crippen molar-refractivity contribution in [3.63, 3.8) is 0 Å². The Balaban J connectivity index is 1.67. The van der Waals surface area contributed by atoms with Gasteiger partial charge in [-0.15, -0.1) is 5.10 Å². The van der Waals surface area contributed by atoms with Crippen LogP contribution in [0.1, 0.15) is 11.3 Å². The predicted octanol–water partition coefficient (Wildman–Crippen LogP) is 3.25. The van der Waals surface area contributed by atoms with E-state index in [0.29, 0.717) is 0 Å². The fourth-order valence-corrected chi connectivity index (χ4v) is 3.56. The first kappa shape index (κ1) is 15.9. The molecule has 23 heavy (non-hydrogen) atoms. The summed E-state index contributed by atoms with van der Waals surface area (Å²) in [5, 5.41) is 8.12. The highest BCUT2D eigenvalue weighted by atomic mass is 79.9. The number of halogens is 1. The highest BCUT2D eigenvalue weighted by molar-refractivity contribution is 9.10. The molecule has 1 amide bonds. The number of hydrogen-bond donors (Lipinski definition) is 1. The highest BCUT2D eigenvalue weighted by Crippen LogP contribution is 2.23. The minimum Gasteiger partial charge on any atom is -0.340 e. The molecule has 1 N–H and O–H groups in total. The Labute approximate surface area is 146 Å². The van der Waals surface area contributed by atoms with E-state index in [4.69, 9.17) is 0 Å². The largest absolute Gasteiger partial charge is 0.340 e. The lowest BCUT2D eigenvalue weighted by molar-refractivity contribution is -0.114. The molecular weight excluding hydrogens is 378 g/mol. The van der Waals surface area contributed by atoms with Crippen LogP contribution in [0.3, 0.4) is 0 Å². The molecule has 2 aromatic heterocycles. The number of fused-ring (bicyclic) bond motifs is 1. The Hall–Kier alpha value is -1.93. The van der Waals surface area contributed by atoms with Gasteiger partial charge in [0.25, 0.3) is 0 Å². The molecule has 0 aliphatic rings. The molecule has 0 saturated carbocycles. The maximum atomic E-state index is 12.2. The van der Waals surface area contributed by atoms with Crippen LogP contribution < -0.4 is 10.2 Å². The van der Waals surface area contributed by atoms with Gasteiger partial charge in [0, 0.05) is 17.2 Å². The maximum absolute atomic E-state index is 12.2. The summed E-state index contributed by atoms with van der Waals surface area (Å²) in [6, 6.07) is 5.76. The van der Waals surface area contributed by atoms with Crippen molar-refractivity contribution in [1.82, 2.24) is 14.6 Å². The minimum atomic E-state index is -0.0815. The van der Waals surface area contributed by atoms with Crippen LogP contribution in [0, 0.1) is 13.8 Å². The third-order valence-electron chi connectivity index (χ3n) is 3.32. The predicted molar refractivity (Wildman–Crippen MR) is 96.4 cm³/mol. The van der Waals surface area contributed by atoms with Crippen molar-refractivity contribution in [3.8, 4) is 0 Å². The quantitative estimate of drug-likeness (QED) is 0.738.